The van der Waals surface area contributed by atoms with E-state index in [2.05, 4.69) is 22.0 Å². The van der Waals surface area contributed by atoms with Crippen LogP contribution < -0.4 is 10.1 Å². The molecular formula is C21H19ClN4O. The molecule has 0 saturated carbocycles. The van der Waals surface area contributed by atoms with Gasteiger partial charge in [0.25, 0.3) is 0 Å². The van der Waals surface area contributed by atoms with Crippen molar-refractivity contribution in [3.63, 3.8) is 0 Å². The van der Waals surface area contributed by atoms with E-state index in [1.54, 1.807) is 19.4 Å². The molecule has 1 N–H and O–H groups in total. The molecule has 1 heterocycles. The van der Waals surface area contributed by atoms with Gasteiger partial charge in [-0.2, -0.15) is 0 Å². The lowest BCUT2D eigenvalue weighted by Gasteiger charge is -2.12. The maximum atomic E-state index is 5.98. The highest BCUT2D eigenvalue weighted by molar-refractivity contribution is 6.30. The van der Waals surface area contributed by atoms with Crippen LogP contribution in [-0.4, -0.2) is 23.8 Å². The van der Waals surface area contributed by atoms with Crippen LogP contribution in [0, 0.1) is 0 Å². The topological polar surface area (TPSA) is 59.4 Å². The van der Waals surface area contributed by atoms with E-state index in [1.165, 1.54) is 0 Å². The maximum absolute atomic E-state index is 5.98. The molecule has 0 amide bonds. The maximum Gasteiger partial charge on any atom is 0.157 e. The van der Waals surface area contributed by atoms with Crippen molar-refractivity contribution in [1.29, 1.82) is 0 Å². The summed E-state index contributed by atoms with van der Waals surface area (Å²) in [7, 11) is 1.63. The number of fused-ring (bicyclic) bond motifs is 1. The predicted octanol–water partition coefficient (Wildman–Crippen LogP) is 5.65. The molecule has 0 unspecified atom stereocenters. The van der Waals surface area contributed by atoms with Crippen molar-refractivity contribution in [1.82, 2.24) is 9.97 Å². The molecule has 0 fully saturated rings. The van der Waals surface area contributed by atoms with Crippen LogP contribution in [0.4, 0.5) is 11.5 Å². The number of benzene rings is 2. The van der Waals surface area contributed by atoms with E-state index >= 15 is 0 Å². The normalized spacial score (nSPS) is 11.7. The zero-order valence-electron chi connectivity index (χ0n) is 15.1. The molecule has 0 aliphatic rings. The molecule has 27 heavy (non-hydrogen) atoms. The van der Waals surface area contributed by atoms with Gasteiger partial charge in [0.1, 0.15) is 11.6 Å². The molecule has 6 heteroatoms. The zero-order valence-corrected chi connectivity index (χ0v) is 15.9. The lowest BCUT2D eigenvalue weighted by molar-refractivity contribution is 0.415. The first-order valence-electron chi connectivity index (χ1n) is 8.28. The molecule has 2 aromatic carbocycles. The van der Waals surface area contributed by atoms with E-state index in [9.17, 15) is 0 Å². The number of ether oxygens (including phenoxy) is 1. The lowest BCUT2D eigenvalue weighted by Crippen LogP contribution is -2.01. The van der Waals surface area contributed by atoms with Gasteiger partial charge in [0.2, 0.25) is 0 Å². The molecule has 3 aromatic rings. The summed E-state index contributed by atoms with van der Waals surface area (Å²) in [6.45, 7) is 5.37. The van der Waals surface area contributed by atoms with Crippen LogP contribution >= 0.6 is 11.6 Å². The van der Waals surface area contributed by atoms with Gasteiger partial charge in [0.15, 0.2) is 5.82 Å². The minimum Gasteiger partial charge on any atom is -0.497 e. The third-order valence-corrected chi connectivity index (χ3v) is 4.15. The number of aliphatic imine (C=N–C) groups is 1. The van der Waals surface area contributed by atoms with Crippen molar-refractivity contribution >= 4 is 46.3 Å². The van der Waals surface area contributed by atoms with Crippen molar-refractivity contribution in [2.45, 2.75) is 6.92 Å². The van der Waals surface area contributed by atoms with E-state index < -0.39 is 0 Å². The highest BCUT2D eigenvalue weighted by atomic mass is 35.5. The van der Waals surface area contributed by atoms with Crippen molar-refractivity contribution in [2.75, 3.05) is 12.4 Å². The quantitative estimate of drug-likeness (QED) is 0.444. The van der Waals surface area contributed by atoms with Gasteiger partial charge in [-0.3, -0.25) is 4.99 Å². The minimum absolute atomic E-state index is 0.623. The number of nitrogens with zero attached hydrogens (tertiary/aromatic N) is 3. The molecule has 0 bridgehead atoms. The Morgan fingerprint density at radius 2 is 1.96 bits per heavy atom. The summed E-state index contributed by atoms with van der Waals surface area (Å²) < 4.78 is 5.35. The summed E-state index contributed by atoms with van der Waals surface area (Å²) in [4.78, 5) is 13.1. The predicted molar refractivity (Wildman–Crippen MR) is 113 cm³/mol. The summed E-state index contributed by atoms with van der Waals surface area (Å²) in [5.41, 5.74) is 2.60. The van der Waals surface area contributed by atoms with Crippen LogP contribution in [0.1, 0.15) is 12.7 Å². The van der Waals surface area contributed by atoms with Gasteiger partial charge >= 0.3 is 0 Å². The molecule has 5 nitrogen and oxygen atoms in total. The first-order chi connectivity index (χ1) is 13.1. The highest BCUT2D eigenvalue weighted by Gasteiger charge is 2.11. The first-order valence-corrected chi connectivity index (χ1v) is 8.66. The van der Waals surface area contributed by atoms with Crippen LogP contribution in [0.25, 0.3) is 16.5 Å². The van der Waals surface area contributed by atoms with E-state index in [-0.39, 0.29) is 0 Å². The second-order valence-electron chi connectivity index (χ2n) is 5.78. The molecule has 3 rings (SSSR count). The fraction of sp³-hybridized carbons (Fsp3) is 0.0952. The minimum atomic E-state index is 0.623. The van der Waals surface area contributed by atoms with Crippen molar-refractivity contribution in [3.05, 3.63) is 71.7 Å². The summed E-state index contributed by atoms with van der Waals surface area (Å²) in [6, 6.07) is 13.2. The van der Waals surface area contributed by atoms with Crippen LogP contribution in [0.5, 0.6) is 5.75 Å². The average Bonchev–Trinajstić information content (AvgIpc) is 2.69. The van der Waals surface area contributed by atoms with Gasteiger partial charge in [0, 0.05) is 22.3 Å². The van der Waals surface area contributed by atoms with E-state index in [0.29, 0.717) is 16.7 Å². The summed E-state index contributed by atoms with van der Waals surface area (Å²) in [5.74, 6) is 2.05. The van der Waals surface area contributed by atoms with Gasteiger partial charge in [-0.15, -0.1) is 0 Å². The van der Waals surface area contributed by atoms with E-state index in [4.69, 9.17) is 21.3 Å². The van der Waals surface area contributed by atoms with Gasteiger partial charge in [-0.1, -0.05) is 17.7 Å². The smallest absolute Gasteiger partial charge is 0.157 e. The third kappa shape index (κ3) is 4.51. The van der Waals surface area contributed by atoms with Gasteiger partial charge in [0.05, 0.1) is 12.6 Å². The standard InChI is InChI=1S/C21H19ClN4O/c1-14(5-4-12-23-2)20-25-19-11-10-17(27-3)13-18(19)21(26-20)24-16-8-6-15(22)7-9-16/h4-13H,2H2,1,3H3,(H,24,25,26)/b12-4-,14-5+. The number of aromatic nitrogens is 2. The largest absolute Gasteiger partial charge is 0.497 e. The molecule has 0 radical (unpaired) electrons. The number of anilines is 2. The summed E-state index contributed by atoms with van der Waals surface area (Å²) >= 11 is 5.98. The van der Waals surface area contributed by atoms with Crippen LogP contribution in [-0.2, 0) is 0 Å². The Morgan fingerprint density at radius 3 is 2.67 bits per heavy atom. The number of hydrogen-bond acceptors (Lipinski definition) is 5. The Morgan fingerprint density at radius 1 is 1.19 bits per heavy atom. The second-order valence-corrected chi connectivity index (χ2v) is 6.22. The van der Waals surface area contributed by atoms with Crippen LogP contribution in [0.3, 0.4) is 0 Å². The Hall–Kier alpha value is -3.18. The summed E-state index contributed by atoms with van der Waals surface area (Å²) in [5, 5.41) is 4.89. The molecule has 0 aliphatic heterocycles. The first kappa shape index (κ1) is 18.6. The Balaban J connectivity index is 2.11. The zero-order chi connectivity index (χ0) is 19.2. The SMILES string of the molecule is C=N/C=C\C=C(/C)c1nc(Nc2ccc(Cl)cc2)c2cc(OC)ccc2n1. The van der Waals surface area contributed by atoms with Crippen molar-refractivity contribution < 1.29 is 4.74 Å². The van der Waals surface area contributed by atoms with Crippen molar-refractivity contribution in [2.24, 2.45) is 4.99 Å². The number of hydrogen-bond donors (Lipinski definition) is 1. The summed E-state index contributed by atoms with van der Waals surface area (Å²) in [6.07, 6.45) is 5.31. The van der Waals surface area contributed by atoms with E-state index in [0.717, 1.165) is 27.9 Å². The van der Waals surface area contributed by atoms with Crippen molar-refractivity contribution in [3.8, 4) is 5.75 Å². The van der Waals surface area contributed by atoms with Gasteiger partial charge in [-0.25, -0.2) is 9.97 Å². The number of rotatable bonds is 6. The van der Waals surface area contributed by atoms with E-state index in [1.807, 2.05) is 55.5 Å². The molecule has 0 aliphatic carbocycles. The van der Waals surface area contributed by atoms with Gasteiger partial charge in [-0.05, 0) is 67.8 Å². The molecular weight excluding hydrogens is 360 g/mol. The van der Waals surface area contributed by atoms with Crippen LogP contribution in [0.2, 0.25) is 5.02 Å². The average molecular weight is 379 g/mol. The monoisotopic (exact) mass is 378 g/mol. The van der Waals surface area contributed by atoms with Gasteiger partial charge < -0.3 is 10.1 Å². The molecule has 1 aromatic heterocycles. The number of halogens is 1. The highest BCUT2D eigenvalue weighted by Crippen LogP contribution is 2.29. The Kier molecular flexibility index (Phi) is 5.84. The lowest BCUT2D eigenvalue weighted by atomic mass is 10.2. The molecule has 0 atom stereocenters. The fourth-order valence-corrected chi connectivity index (χ4v) is 2.62. The Labute approximate surface area is 163 Å². The van der Waals surface area contributed by atoms with Crippen LogP contribution in [0.15, 0.2) is 65.8 Å². The number of allylic oxidation sites excluding steroid dienone is 3. The fourth-order valence-electron chi connectivity index (χ4n) is 2.50. The number of nitrogens with one attached hydrogen (secondary N) is 1. The second kappa shape index (κ2) is 8.47. The molecule has 0 saturated heterocycles. The molecule has 136 valence electrons. The third-order valence-electron chi connectivity index (χ3n) is 3.90. The number of methoxy groups -OCH3 is 1. The molecule has 0 spiro atoms. The Bertz CT molecular complexity index is 1030.